The number of hydrogen-bond acceptors (Lipinski definition) is 3. The summed E-state index contributed by atoms with van der Waals surface area (Å²) in [5.74, 6) is 0.362. The molecular weight excluding hydrogens is 392 g/mol. The number of Topliss-reactive ketones (excluding diaryl/α,β-unsaturated/α-hetero) is 1. The van der Waals surface area contributed by atoms with Crippen molar-refractivity contribution >= 4 is 22.4 Å². The van der Waals surface area contributed by atoms with Crippen LogP contribution in [-0.4, -0.2) is 10.8 Å². The molecule has 0 bridgehead atoms. The molecule has 3 heteroatoms. The zero-order chi connectivity index (χ0) is 21.7. The zero-order valence-corrected chi connectivity index (χ0v) is 18.0. The number of fused-ring (bicyclic) bond motifs is 3. The minimum absolute atomic E-state index is 0.0843. The third kappa shape index (κ3) is 3.04. The first-order chi connectivity index (χ1) is 15.7. The lowest BCUT2D eigenvalue weighted by molar-refractivity contribution is -0.116. The Bertz CT molecular complexity index is 1370. The Balaban J connectivity index is 1.55. The molecule has 3 aromatic carbocycles. The average molecular weight is 417 g/mol. The van der Waals surface area contributed by atoms with Crippen LogP contribution >= 0.6 is 0 Å². The first-order valence-electron chi connectivity index (χ1n) is 11.2. The maximum atomic E-state index is 13.7. The highest BCUT2D eigenvalue weighted by Crippen LogP contribution is 2.49. The van der Waals surface area contributed by atoms with Crippen LogP contribution in [0.5, 0.6) is 0 Å². The van der Waals surface area contributed by atoms with Gasteiger partial charge in [0, 0.05) is 40.9 Å². The van der Waals surface area contributed by atoms with E-state index in [1.54, 1.807) is 0 Å². The van der Waals surface area contributed by atoms with Gasteiger partial charge in [0.2, 0.25) is 0 Å². The van der Waals surface area contributed by atoms with E-state index in [9.17, 15) is 4.79 Å². The Kier molecular flexibility index (Phi) is 4.43. The summed E-state index contributed by atoms with van der Waals surface area (Å²) < 4.78 is 0. The molecule has 1 aliphatic carbocycles. The summed E-state index contributed by atoms with van der Waals surface area (Å²) in [6, 6.07) is 27.3. The number of ketones is 1. The van der Waals surface area contributed by atoms with E-state index in [2.05, 4.69) is 84.0 Å². The van der Waals surface area contributed by atoms with E-state index < -0.39 is 0 Å². The molecule has 2 heterocycles. The van der Waals surface area contributed by atoms with Crippen LogP contribution in [0, 0.1) is 6.92 Å². The molecule has 0 saturated heterocycles. The fourth-order valence-electron chi connectivity index (χ4n) is 5.34. The second-order valence-corrected chi connectivity index (χ2v) is 8.90. The summed E-state index contributed by atoms with van der Waals surface area (Å²) in [6.07, 6.45) is 3.22. The standard InChI is InChI=1S/C29H24N2O/c1-18-9-11-20(12-10-18)27-28-22-8-5-15-30-23(22)13-14-24(28)31-25-16-21(17-26(32)29(25)27)19-6-3-2-4-7-19/h2-15,21,27,31H,16-17H2,1H3. The van der Waals surface area contributed by atoms with Crippen LogP contribution in [0.2, 0.25) is 0 Å². The number of benzene rings is 3. The first kappa shape index (κ1) is 19.0. The maximum Gasteiger partial charge on any atom is 0.162 e. The number of aryl methyl sites for hydroxylation is 1. The van der Waals surface area contributed by atoms with E-state index in [-0.39, 0.29) is 17.6 Å². The van der Waals surface area contributed by atoms with Crippen LogP contribution in [0.4, 0.5) is 5.69 Å². The number of pyridine rings is 1. The van der Waals surface area contributed by atoms with Crippen molar-refractivity contribution in [1.29, 1.82) is 0 Å². The van der Waals surface area contributed by atoms with Gasteiger partial charge in [-0.3, -0.25) is 9.78 Å². The largest absolute Gasteiger partial charge is 0.358 e. The summed E-state index contributed by atoms with van der Waals surface area (Å²) in [6.45, 7) is 2.10. The fourth-order valence-corrected chi connectivity index (χ4v) is 5.34. The van der Waals surface area contributed by atoms with Gasteiger partial charge < -0.3 is 5.32 Å². The molecule has 0 spiro atoms. The number of carbonyl (C=O) groups excluding carboxylic acids is 1. The van der Waals surface area contributed by atoms with Crippen molar-refractivity contribution in [3.8, 4) is 0 Å². The van der Waals surface area contributed by atoms with E-state index in [0.29, 0.717) is 6.42 Å². The van der Waals surface area contributed by atoms with Crippen LogP contribution in [0.1, 0.15) is 46.9 Å². The number of hydrogen-bond donors (Lipinski definition) is 1. The molecule has 0 fully saturated rings. The number of nitrogens with zero attached hydrogens (tertiary/aromatic N) is 1. The highest BCUT2D eigenvalue weighted by atomic mass is 16.1. The van der Waals surface area contributed by atoms with Crippen molar-refractivity contribution in [2.45, 2.75) is 31.6 Å². The second-order valence-electron chi connectivity index (χ2n) is 8.90. The molecule has 2 aliphatic rings. The molecule has 32 heavy (non-hydrogen) atoms. The van der Waals surface area contributed by atoms with E-state index in [1.165, 1.54) is 11.1 Å². The van der Waals surface area contributed by atoms with Crippen molar-refractivity contribution in [3.63, 3.8) is 0 Å². The van der Waals surface area contributed by atoms with Crippen molar-refractivity contribution in [2.24, 2.45) is 0 Å². The Morgan fingerprint density at radius 1 is 0.844 bits per heavy atom. The van der Waals surface area contributed by atoms with Gasteiger partial charge in [0.05, 0.1) is 5.52 Å². The van der Waals surface area contributed by atoms with Crippen molar-refractivity contribution < 1.29 is 4.79 Å². The predicted octanol–water partition coefficient (Wildman–Crippen LogP) is 6.50. The van der Waals surface area contributed by atoms with Crippen LogP contribution in [0.15, 0.2) is 96.3 Å². The summed E-state index contributed by atoms with van der Waals surface area (Å²) in [7, 11) is 0. The van der Waals surface area contributed by atoms with Gasteiger partial charge in [-0.2, -0.15) is 0 Å². The van der Waals surface area contributed by atoms with Crippen molar-refractivity contribution in [2.75, 3.05) is 5.32 Å². The van der Waals surface area contributed by atoms with E-state index >= 15 is 0 Å². The maximum absolute atomic E-state index is 13.7. The van der Waals surface area contributed by atoms with Gasteiger partial charge in [-0.15, -0.1) is 0 Å². The molecule has 0 saturated carbocycles. The topological polar surface area (TPSA) is 42.0 Å². The molecule has 4 aromatic rings. The number of carbonyl (C=O) groups is 1. The number of aromatic nitrogens is 1. The fraction of sp³-hybridized carbons (Fsp3) is 0.172. The highest BCUT2D eigenvalue weighted by molar-refractivity contribution is 6.04. The quantitative estimate of drug-likeness (QED) is 0.405. The van der Waals surface area contributed by atoms with Gasteiger partial charge in [0.1, 0.15) is 0 Å². The minimum Gasteiger partial charge on any atom is -0.358 e. The summed E-state index contributed by atoms with van der Waals surface area (Å²) in [4.78, 5) is 18.3. The normalized spacial score (nSPS) is 20.0. The van der Waals surface area contributed by atoms with E-state index in [0.717, 1.165) is 45.4 Å². The predicted molar refractivity (Wildman–Crippen MR) is 129 cm³/mol. The van der Waals surface area contributed by atoms with Crippen molar-refractivity contribution in [1.82, 2.24) is 4.98 Å². The lowest BCUT2D eigenvalue weighted by Crippen LogP contribution is -2.30. The molecule has 0 radical (unpaired) electrons. The third-order valence-corrected chi connectivity index (χ3v) is 6.88. The van der Waals surface area contributed by atoms with Crippen LogP contribution < -0.4 is 5.32 Å². The molecule has 6 rings (SSSR count). The summed E-state index contributed by atoms with van der Waals surface area (Å²) >= 11 is 0. The molecule has 1 N–H and O–H groups in total. The Morgan fingerprint density at radius 3 is 2.47 bits per heavy atom. The Labute approximate surface area is 187 Å². The van der Waals surface area contributed by atoms with E-state index in [1.807, 2.05) is 18.3 Å². The summed E-state index contributed by atoms with van der Waals surface area (Å²) in [5.41, 5.74) is 8.79. The minimum atomic E-state index is -0.0843. The van der Waals surface area contributed by atoms with Gasteiger partial charge in [0.15, 0.2) is 5.78 Å². The molecule has 1 aromatic heterocycles. The SMILES string of the molecule is Cc1ccc(C2C3=C(CC(c4ccccc4)CC3=O)Nc3ccc4ncccc4c32)cc1. The van der Waals surface area contributed by atoms with Crippen LogP contribution in [-0.2, 0) is 4.79 Å². The number of rotatable bonds is 2. The number of anilines is 1. The second kappa shape index (κ2) is 7.45. The average Bonchev–Trinajstić information content (AvgIpc) is 2.83. The van der Waals surface area contributed by atoms with Crippen LogP contribution in [0.3, 0.4) is 0 Å². The van der Waals surface area contributed by atoms with Gasteiger partial charge in [0.25, 0.3) is 0 Å². The molecule has 3 nitrogen and oxygen atoms in total. The molecule has 2 atom stereocenters. The third-order valence-electron chi connectivity index (χ3n) is 6.88. The summed E-state index contributed by atoms with van der Waals surface area (Å²) in [5, 5.41) is 4.77. The molecular formula is C29H24N2O. The highest BCUT2D eigenvalue weighted by Gasteiger charge is 2.39. The van der Waals surface area contributed by atoms with Crippen LogP contribution in [0.25, 0.3) is 10.9 Å². The molecule has 156 valence electrons. The number of nitrogens with one attached hydrogen (secondary N) is 1. The van der Waals surface area contributed by atoms with Gasteiger partial charge in [-0.05, 0) is 54.2 Å². The zero-order valence-electron chi connectivity index (χ0n) is 18.0. The van der Waals surface area contributed by atoms with E-state index in [4.69, 9.17) is 0 Å². The Hall–Kier alpha value is -3.72. The molecule has 0 amide bonds. The monoisotopic (exact) mass is 416 g/mol. The van der Waals surface area contributed by atoms with Gasteiger partial charge in [-0.1, -0.05) is 66.2 Å². The van der Waals surface area contributed by atoms with Gasteiger partial charge >= 0.3 is 0 Å². The number of allylic oxidation sites excluding steroid dienone is 2. The van der Waals surface area contributed by atoms with Crippen molar-refractivity contribution in [3.05, 3.63) is 119 Å². The lowest BCUT2D eigenvalue weighted by atomic mass is 9.71. The Morgan fingerprint density at radius 2 is 1.66 bits per heavy atom. The molecule has 1 aliphatic heterocycles. The lowest BCUT2D eigenvalue weighted by Gasteiger charge is -2.37. The molecule has 2 unspecified atom stereocenters. The first-order valence-corrected chi connectivity index (χ1v) is 11.2. The van der Waals surface area contributed by atoms with Gasteiger partial charge in [-0.25, -0.2) is 0 Å². The smallest absolute Gasteiger partial charge is 0.162 e.